The summed E-state index contributed by atoms with van der Waals surface area (Å²) in [7, 11) is 0. The first-order chi connectivity index (χ1) is 10.1. The highest BCUT2D eigenvalue weighted by atomic mass is 32.1. The fourth-order valence-electron chi connectivity index (χ4n) is 2.63. The zero-order chi connectivity index (χ0) is 15.2. The number of thiophene rings is 1. The number of aliphatic hydroxyl groups excluding tert-OH is 1. The van der Waals surface area contributed by atoms with Crippen molar-refractivity contribution in [3.8, 4) is 0 Å². The van der Waals surface area contributed by atoms with E-state index in [1.807, 2.05) is 22.4 Å². The molecule has 2 heterocycles. The minimum absolute atomic E-state index is 0.0681. The highest BCUT2D eigenvalue weighted by molar-refractivity contribution is 7.10. The summed E-state index contributed by atoms with van der Waals surface area (Å²) in [4.78, 5) is 26.6. The van der Waals surface area contributed by atoms with Crippen molar-refractivity contribution < 1.29 is 14.7 Å². The maximum Gasteiger partial charge on any atom is 0.225 e. The zero-order valence-electron chi connectivity index (χ0n) is 12.2. The van der Waals surface area contributed by atoms with E-state index in [2.05, 4.69) is 5.32 Å². The van der Waals surface area contributed by atoms with Crippen molar-refractivity contribution in [1.29, 1.82) is 0 Å². The molecule has 116 valence electrons. The predicted molar refractivity (Wildman–Crippen MR) is 81.9 cm³/mol. The molecule has 5 nitrogen and oxygen atoms in total. The number of carbonyl (C=O) groups excluding carboxylic acids is 2. The van der Waals surface area contributed by atoms with Gasteiger partial charge in [-0.05, 0) is 30.2 Å². The fourth-order valence-corrected chi connectivity index (χ4v) is 3.40. The highest BCUT2D eigenvalue weighted by Gasteiger charge is 2.25. The van der Waals surface area contributed by atoms with Crippen molar-refractivity contribution >= 4 is 23.2 Å². The molecule has 2 amide bonds. The van der Waals surface area contributed by atoms with E-state index in [4.69, 9.17) is 5.11 Å². The molecular weight excluding hydrogens is 288 g/mol. The Morgan fingerprint density at radius 3 is 2.71 bits per heavy atom. The molecule has 1 saturated heterocycles. The Balaban J connectivity index is 1.94. The van der Waals surface area contributed by atoms with Gasteiger partial charge in [0.05, 0.1) is 12.5 Å². The number of aliphatic hydroxyl groups is 1. The van der Waals surface area contributed by atoms with Gasteiger partial charge in [0, 0.05) is 31.5 Å². The van der Waals surface area contributed by atoms with E-state index >= 15 is 0 Å². The third-order valence-electron chi connectivity index (χ3n) is 3.87. The van der Waals surface area contributed by atoms with Gasteiger partial charge in [0.15, 0.2) is 0 Å². The van der Waals surface area contributed by atoms with Gasteiger partial charge >= 0.3 is 0 Å². The van der Waals surface area contributed by atoms with Crippen LogP contribution in [0.4, 0.5) is 0 Å². The molecule has 1 atom stereocenters. The Kier molecular flexibility index (Phi) is 5.76. The number of hydrogen-bond donors (Lipinski definition) is 2. The molecular formula is C15H22N2O3S. The summed E-state index contributed by atoms with van der Waals surface area (Å²) in [6.07, 6.45) is 2.00. The van der Waals surface area contributed by atoms with Crippen LogP contribution in [-0.4, -0.2) is 41.5 Å². The number of nitrogens with zero attached hydrogens (tertiary/aromatic N) is 1. The van der Waals surface area contributed by atoms with Gasteiger partial charge in [-0.3, -0.25) is 9.59 Å². The summed E-state index contributed by atoms with van der Waals surface area (Å²) in [5.41, 5.74) is 0. The lowest BCUT2D eigenvalue weighted by molar-refractivity contribution is -0.133. The van der Waals surface area contributed by atoms with Crippen molar-refractivity contribution in [2.45, 2.75) is 32.2 Å². The lowest BCUT2D eigenvalue weighted by Gasteiger charge is -2.32. The molecule has 1 aromatic heterocycles. The lowest BCUT2D eigenvalue weighted by Crippen LogP contribution is -2.41. The normalized spacial score (nSPS) is 17.5. The van der Waals surface area contributed by atoms with E-state index in [-0.39, 0.29) is 24.5 Å². The molecule has 6 heteroatoms. The monoisotopic (exact) mass is 310 g/mol. The van der Waals surface area contributed by atoms with Gasteiger partial charge in [-0.15, -0.1) is 11.3 Å². The summed E-state index contributed by atoms with van der Waals surface area (Å²) in [6, 6.07) is 3.62. The molecule has 1 fully saturated rings. The van der Waals surface area contributed by atoms with Crippen LogP contribution >= 0.6 is 11.3 Å². The van der Waals surface area contributed by atoms with E-state index in [1.165, 1.54) is 6.92 Å². The average Bonchev–Trinajstić information content (AvgIpc) is 3.00. The SMILES string of the molecule is CC(=O)NC(CC(=O)N1CCC(CO)CC1)c1cccs1. The summed E-state index contributed by atoms with van der Waals surface area (Å²) < 4.78 is 0. The van der Waals surface area contributed by atoms with Gasteiger partial charge in [0.1, 0.15) is 0 Å². The topological polar surface area (TPSA) is 69.6 Å². The number of carbonyl (C=O) groups is 2. The average molecular weight is 310 g/mol. The van der Waals surface area contributed by atoms with Crippen LogP contribution in [0.2, 0.25) is 0 Å². The molecule has 1 unspecified atom stereocenters. The van der Waals surface area contributed by atoms with Crippen LogP contribution in [-0.2, 0) is 9.59 Å². The first-order valence-electron chi connectivity index (χ1n) is 7.29. The van der Waals surface area contributed by atoms with E-state index in [0.717, 1.165) is 17.7 Å². The molecule has 21 heavy (non-hydrogen) atoms. The van der Waals surface area contributed by atoms with Crippen LogP contribution in [0, 0.1) is 5.92 Å². The van der Waals surface area contributed by atoms with Crippen LogP contribution < -0.4 is 5.32 Å². The molecule has 0 saturated carbocycles. The zero-order valence-corrected chi connectivity index (χ0v) is 13.1. The number of piperidine rings is 1. The Bertz CT molecular complexity index is 467. The minimum Gasteiger partial charge on any atom is -0.396 e. The number of likely N-dealkylation sites (tertiary alicyclic amines) is 1. The molecule has 1 aromatic rings. The maximum absolute atomic E-state index is 12.4. The largest absolute Gasteiger partial charge is 0.396 e. The fraction of sp³-hybridized carbons (Fsp3) is 0.600. The molecule has 2 N–H and O–H groups in total. The van der Waals surface area contributed by atoms with Crippen molar-refractivity contribution in [3.63, 3.8) is 0 Å². The Labute approximate surface area is 129 Å². The Morgan fingerprint density at radius 1 is 1.48 bits per heavy atom. The highest BCUT2D eigenvalue weighted by Crippen LogP contribution is 2.24. The van der Waals surface area contributed by atoms with Crippen LogP contribution in [0.1, 0.15) is 37.1 Å². The van der Waals surface area contributed by atoms with Gasteiger partial charge in [0.25, 0.3) is 0 Å². The van der Waals surface area contributed by atoms with Crippen molar-refractivity contribution in [2.24, 2.45) is 5.92 Å². The summed E-state index contributed by atoms with van der Waals surface area (Å²) in [6.45, 7) is 3.06. The van der Waals surface area contributed by atoms with Crippen molar-refractivity contribution in [1.82, 2.24) is 10.2 Å². The molecule has 1 aliphatic heterocycles. The molecule has 0 aliphatic carbocycles. The lowest BCUT2D eigenvalue weighted by atomic mass is 9.97. The number of rotatable bonds is 5. The number of nitrogens with one attached hydrogen (secondary N) is 1. The smallest absolute Gasteiger partial charge is 0.225 e. The van der Waals surface area contributed by atoms with Crippen molar-refractivity contribution in [2.75, 3.05) is 19.7 Å². The number of amides is 2. The Morgan fingerprint density at radius 2 is 2.19 bits per heavy atom. The molecule has 2 rings (SSSR count). The molecule has 0 spiro atoms. The van der Waals surface area contributed by atoms with Crippen molar-refractivity contribution in [3.05, 3.63) is 22.4 Å². The van der Waals surface area contributed by atoms with Gasteiger partial charge in [-0.25, -0.2) is 0 Å². The van der Waals surface area contributed by atoms with Gasteiger partial charge in [-0.1, -0.05) is 6.07 Å². The van der Waals surface area contributed by atoms with Gasteiger partial charge in [0.2, 0.25) is 11.8 Å². The predicted octanol–water partition coefficient (Wildman–Crippen LogP) is 1.55. The van der Waals surface area contributed by atoms with Crippen LogP contribution in [0.5, 0.6) is 0 Å². The van der Waals surface area contributed by atoms with Gasteiger partial charge < -0.3 is 15.3 Å². The summed E-state index contributed by atoms with van der Waals surface area (Å²) in [5.74, 6) is 0.260. The second-order valence-corrected chi connectivity index (χ2v) is 6.46. The molecule has 0 bridgehead atoms. The molecule has 0 radical (unpaired) electrons. The maximum atomic E-state index is 12.4. The van der Waals surface area contributed by atoms with E-state index < -0.39 is 0 Å². The first kappa shape index (κ1) is 16.0. The summed E-state index contributed by atoms with van der Waals surface area (Å²) >= 11 is 1.55. The standard InChI is InChI=1S/C15H22N2O3S/c1-11(19)16-13(14-3-2-8-21-14)9-15(20)17-6-4-12(10-18)5-7-17/h2-3,8,12-13,18H,4-7,9-10H2,1H3,(H,16,19). The minimum atomic E-state index is -0.245. The third kappa shape index (κ3) is 4.54. The van der Waals surface area contributed by atoms with E-state index in [9.17, 15) is 9.59 Å². The summed E-state index contributed by atoms with van der Waals surface area (Å²) in [5, 5.41) is 13.9. The van der Waals surface area contributed by atoms with Crippen LogP contribution in [0.15, 0.2) is 17.5 Å². The quantitative estimate of drug-likeness (QED) is 0.867. The second kappa shape index (κ2) is 7.56. The first-order valence-corrected chi connectivity index (χ1v) is 8.17. The van der Waals surface area contributed by atoms with Crippen LogP contribution in [0.25, 0.3) is 0 Å². The third-order valence-corrected chi connectivity index (χ3v) is 4.85. The van der Waals surface area contributed by atoms with Crippen LogP contribution in [0.3, 0.4) is 0 Å². The van der Waals surface area contributed by atoms with Gasteiger partial charge in [-0.2, -0.15) is 0 Å². The Hall–Kier alpha value is -1.40. The second-order valence-electron chi connectivity index (χ2n) is 5.48. The molecule has 1 aliphatic rings. The van der Waals surface area contributed by atoms with E-state index in [1.54, 1.807) is 11.3 Å². The number of hydrogen-bond acceptors (Lipinski definition) is 4. The van der Waals surface area contributed by atoms with E-state index in [0.29, 0.717) is 25.4 Å². The molecule has 0 aromatic carbocycles.